The van der Waals surface area contributed by atoms with Crippen LogP contribution in [-0.4, -0.2) is 37.7 Å². The van der Waals surface area contributed by atoms with Crippen LogP contribution in [0.25, 0.3) is 0 Å². The van der Waals surface area contributed by atoms with Crippen LogP contribution in [0, 0.1) is 5.92 Å². The molecule has 0 aromatic rings. The fourth-order valence-corrected chi connectivity index (χ4v) is 0.837. The summed E-state index contributed by atoms with van der Waals surface area (Å²) in [6.45, 7) is 1.24. The first kappa shape index (κ1) is 7.03. The maximum absolute atomic E-state index is 2.26. The normalized spacial score (nSPS) is 19.7. The van der Waals surface area contributed by atoms with Gasteiger partial charge in [0, 0.05) is 27.7 Å². The predicted molar refractivity (Wildman–Crippen MR) is 39.0 cm³/mol. The van der Waals surface area contributed by atoms with Crippen molar-refractivity contribution in [2.24, 2.45) is 5.92 Å². The Kier molecular flexibility index (Phi) is 2.09. The molecule has 0 spiro atoms. The minimum atomic E-state index is 0.998. The van der Waals surface area contributed by atoms with Gasteiger partial charge in [-0.05, 0) is 18.8 Å². The number of nitrogens with zero attached hydrogens (tertiary/aromatic N) is 2. The topological polar surface area (TPSA) is 6.48 Å². The molecule has 54 valence electrons. The van der Waals surface area contributed by atoms with Crippen LogP contribution in [0.2, 0.25) is 0 Å². The molecule has 1 rings (SSSR count). The van der Waals surface area contributed by atoms with E-state index in [-0.39, 0.29) is 0 Å². The fraction of sp³-hybridized carbons (Fsp3) is 1.00. The summed E-state index contributed by atoms with van der Waals surface area (Å²) in [6, 6.07) is 0. The Morgan fingerprint density at radius 3 is 2.11 bits per heavy atom. The summed E-state index contributed by atoms with van der Waals surface area (Å²) in [5.74, 6) is 0.998. The van der Waals surface area contributed by atoms with Gasteiger partial charge in [-0.2, -0.15) is 0 Å². The number of hydrazine groups is 1. The van der Waals surface area contributed by atoms with Crippen LogP contribution in [0.4, 0.5) is 0 Å². The Bertz CT molecular complexity index is 86.9. The molecule has 0 heterocycles. The average molecular weight is 128 g/mol. The van der Waals surface area contributed by atoms with Crippen molar-refractivity contribution < 1.29 is 0 Å². The highest BCUT2D eigenvalue weighted by Gasteiger charge is 2.23. The lowest BCUT2D eigenvalue weighted by Crippen LogP contribution is -2.34. The van der Waals surface area contributed by atoms with Crippen LogP contribution in [0.1, 0.15) is 12.8 Å². The molecular formula is C7H16N2. The molecule has 0 atom stereocenters. The predicted octanol–water partition coefficient (Wildman–Crippen LogP) is 0.805. The van der Waals surface area contributed by atoms with Gasteiger partial charge >= 0.3 is 0 Å². The van der Waals surface area contributed by atoms with Crippen molar-refractivity contribution in [3.63, 3.8) is 0 Å². The summed E-state index contributed by atoms with van der Waals surface area (Å²) in [6.07, 6.45) is 2.89. The molecule has 0 bridgehead atoms. The van der Waals surface area contributed by atoms with Crippen molar-refractivity contribution in [1.29, 1.82) is 0 Å². The zero-order chi connectivity index (χ0) is 6.85. The Labute approximate surface area is 57.4 Å². The van der Waals surface area contributed by atoms with Crippen molar-refractivity contribution in [3.8, 4) is 0 Å². The van der Waals surface area contributed by atoms with Gasteiger partial charge in [-0.3, -0.25) is 0 Å². The van der Waals surface area contributed by atoms with Crippen LogP contribution in [0.15, 0.2) is 0 Å². The molecule has 0 unspecified atom stereocenters. The molecule has 9 heavy (non-hydrogen) atoms. The molecule has 0 saturated heterocycles. The van der Waals surface area contributed by atoms with Crippen molar-refractivity contribution in [2.75, 3.05) is 27.7 Å². The highest BCUT2D eigenvalue weighted by molar-refractivity contribution is 4.74. The third-order valence-electron chi connectivity index (χ3n) is 1.90. The SMILES string of the molecule is CN(C)N(C)CC1CC1. The zero-order valence-corrected chi connectivity index (χ0v) is 6.59. The van der Waals surface area contributed by atoms with E-state index in [4.69, 9.17) is 0 Å². The van der Waals surface area contributed by atoms with Crippen LogP contribution < -0.4 is 0 Å². The molecule has 0 N–H and O–H groups in total. The van der Waals surface area contributed by atoms with E-state index in [0.717, 1.165) is 5.92 Å². The molecule has 0 aromatic heterocycles. The van der Waals surface area contributed by atoms with Gasteiger partial charge in [-0.15, -0.1) is 0 Å². The Hall–Kier alpha value is -0.0800. The monoisotopic (exact) mass is 128 g/mol. The van der Waals surface area contributed by atoms with E-state index in [1.54, 1.807) is 0 Å². The molecule has 1 fully saturated rings. The summed E-state index contributed by atoms with van der Waals surface area (Å²) < 4.78 is 0. The quantitative estimate of drug-likeness (QED) is 0.519. The second-order valence-electron chi connectivity index (χ2n) is 3.13. The molecule has 1 aliphatic rings. The van der Waals surface area contributed by atoms with Gasteiger partial charge < -0.3 is 0 Å². The minimum absolute atomic E-state index is 0.998. The molecule has 0 radical (unpaired) electrons. The van der Waals surface area contributed by atoms with E-state index in [9.17, 15) is 0 Å². The zero-order valence-electron chi connectivity index (χ0n) is 6.59. The van der Waals surface area contributed by atoms with Gasteiger partial charge in [0.25, 0.3) is 0 Å². The Morgan fingerprint density at radius 1 is 1.22 bits per heavy atom. The highest BCUT2D eigenvalue weighted by atomic mass is 15.6. The van der Waals surface area contributed by atoms with E-state index in [0.29, 0.717) is 0 Å². The Morgan fingerprint density at radius 2 is 1.78 bits per heavy atom. The summed E-state index contributed by atoms with van der Waals surface area (Å²) in [4.78, 5) is 0. The van der Waals surface area contributed by atoms with Gasteiger partial charge in [0.05, 0.1) is 0 Å². The summed E-state index contributed by atoms with van der Waals surface area (Å²) in [5, 5.41) is 4.40. The second-order valence-corrected chi connectivity index (χ2v) is 3.13. The standard InChI is InChI=1S/C7H16N2/c1-8(2)9(3)6-7-4-5-7/h7H,4-6H2,1-3H3. The Balaban J connectivity index is 2.09. The highest BCUT2D eigenvalue weighted by Crippen LogP contribution is 2.29. The largest absolute Gasteiger partial charge is 0.248 e. The van der Waals surface area contributed by atoms with Crippen molar-refractivity contribution in [1.82, 2.24) is 10.0 Å². The van der Waals surface area contributed by atoms with Crippen molar-refractivity contribution in [3.05, 3.63) is 0 Å². The summed E-state index contributed by atoms with van der Waals surface area (Å²) in [7, 11) is 6.31. The van der Waals surface area contributed by atoms with E-state index in [1.807, 2.05) is 0 Å². The third kappa shape index (κ3) is 2.33. The first-order valence-corrected chi connectivity index (χ1v) is 3.58. The summed E-state index contributed by atoms with van der Waals surface area (Å²) in [5.41, 5.74) is 0. The molecule has 2 heteroatoms. The lowest BCUT2D eigenvalue weighted by molar-refractivity contribution is 0.0512. The number of hydrogen-bond donors (Lipinski definition) is 0. The van der Waals surface area contributed by atoms with Crippen LogP contribution in [0.5, 0.6) is 0 Å². The first-order chi connectivity index (χ1) is 4.20. The van der Waals surface area contributed by atoms with Crippen molar-refractivity contribution >= 4 is 0 Å². The third-order valence-corrected chi connectivity index (χ3v) is 1.90. The molecular weight excluding hydrogens is 112 g/mol. The van der Waals surface area contributed by atoms with E-state index < -0.39 is 0 Å². The second kappa shape index (κ2) is 2.67. The van der Waals surface area contributed by atoms with Crippen LogP contribution in [0.3, 0.4) is 0 Å². The first-order valence-electron chi connectivity index (χ1n) is 3.58. The van der Waals surface area contributed by atoms with Crippen LogP contribution >= 0.6 is 0 Å². The molecule has 1 saturated carbocycles. The molecule has 0 amide bonds. The van der Waals surface area contributed by atoms with E-state index in [1.165, 1.54) is 19.4 Å². The maximum atomic E-state index is 2.26. The van der Waals surface area contributed by atoms with Gasteiger partial charge in [0.2, 0.25) is 0 Å². The summed E-state index contributed by atoms with van der Waals surface area (Å²) >= 11 is 0. The molecule has 1 aliphatic carbocycles. The molecule has 0 aliphatic heterocycles. The van der Waals surface area contributed by atoms with E-state index >= 15 is 0 Å². The van der Waals surface area contributed by atoms with Crippen LogP contribution in [-0.2, 0) is 0 Å². The van der Waals surface area contributed by atoms with Gasteiger partial charge in [0.15, 0.2) is 0 Å². The number of hydrogen-bond acceptors (Lipinski definition) is 2. The average Bonchev–Trinajstić information content (AvgIpc) is 2.50. The molecule has 2 nitrogen and oxygen atoms in total. The lowest BCUT2D eigenvalue weighted by atomic mass is 10.4. The minimum Gasteiger partial charge on any atom is -0.248 e. The van der Waals surface area contributed by atoms with Gasteiger partial charge in [0.1, 0.15) is 0 Å². The fourth-order valence-electron chi connectivity index (χ4n) is 0.837. The number of rotatable bonds is 3. The smallest absolute Gasteiger partial charge is 0.0158 e. The van der Waals surface area contributed by atoms with E-state index in [2.05, 4.69) is 31.2 Å². The maximum Gasteiger partial charge on any atom is 0.0158 e. The molecule has 0 aromatic carbocycles. The van der Waals surface area contributed by atoms with Crippen molar-refractivity contribution in [2.45, 2.75) is 12.8 Å². The van der Waals surface area contributed by atoms with Gasteiger partial charge in [-0.1, -0.05) is 0 Å². The van der Waals surface area contributed by atoms with Gasteiger partial charge in [-0.25, -0.2) is 10.0 Å². The lowest BCUT2D eigenvalue weighted by Gasteiger charge is -2.23.